The summed E-state index contributed by atoms with van der Waals surface area (Å²) < 4.78 is 0. The summed E-state index contributed by atoms with van der Waals surface area (Å²) in [6.45, 7) is 1.28. The van der Waals surface area contributed by atoms with Crippen molar-refractivity contribution in [3.8, 4) is 0 Å². The second-order valence-corrected chi connectivity index (χ2v) is 3.10. The Morgan fingerprint density at radius 3 is 2.92 bits per heavy atom. The highest BCUT2D eigenvalue weighted by Crippen LogP contribution is 2.17. The predicted octanol–water partition coefficient (Wildman–Crippen LogP) is 0.890. The van der Waals surface area contributed by atoms with Gasteiger partial charge in [0.05, 0.1) is 5.56 Å². The fraction of sp³-hybridized carbons (Fsp3) is 0.250. The van der Waals surface area contributed by atoms with Gasteiger partial charge in [0.2, 0.25) is 0 Å². The topological polar surface area (TPSA) is 54.0 Å². The van der Waals surface area contributed by atoms with E-state index in [2.05, 4.69) is 15.6 Å². The fourth-order valence-electron chi connectivity index (χ4n) is 1.21. The van der Waals surface area contributed by atoms with E-state index in [0.29, 0.717) is 29.6 Å². The minimum absolute atomic E-state index is 0.107. The molecule has 2 N–H and O–H groups in total. The highest BCUT2D eigenvalue weighted by Gasteiger charge is 2.15. The maximum atomic E-state index is 11.4. The molecule has 5 heteroatoms. The SMILES string of the molecule is O=C1NCCNc2nc(Cl)ccc21. The molecule has 0 fully saturated rings. The van der Waals surface area contributed by atoms with E-state index in [9.17, 15) is 4.79 Å². The summed E-state index contributed by atoms with van der Waals surface area (Å²) in [5.74, 6) is 0.451. The lowest BCUT2D eigenvalue weighted by atomic mass is 10.2. The van der Waals surface area contributed by atoms with Crippen LogP contribution in [0.25, 0.3) is 0 Å². The number of nitrogens with zero attached hydrogens (tertiary/aromatic N) is 1. The van der Waals surface area contributed by atoms with Crippen LogP contribution in [0.4, 0.5) is 5.82 Å². The van der Waals surface area contributed by atoms with Crippen LogP contribution in [-0.2, 0) is 0 Å². The number of carbonyl (C=O) groups is 1. The quantitative estimate of drug-likeness (QED) is 0.608. The van der Waals surface area contributed by atoms with Gasteiger partial charge >= 0.3 is 0 Å². The van der Waals surface area contributed by atoms with Crippen LogP contribution in [-0.4, -0.2) is 24.0 Å². The van der Waals surface area contributed by atoms with E-state index in [1.54, 1.807) is 12.1 Å². The Balaban J connectivity index is 2.48. The molecule has 13 heavy (non-hydrogen) atoms. The van der Waals surface area contributed by atoms with Gasteiger partial charge in [-0.1, -0.05) is 11.6 Å². The summed E-state index contributed by atoms with van der Waals surface area (Å²) in [5.41, 5.74) is 0.543. The first-order valence-corrected chi connectivity index (χ1v) is 4.34. The van der Waals surface area contributed by atoms with Gasteiger partial charge in [0.25, 0.3) is 5.91 Å². The molecule has 0 saturated carbocycles. The molecule has 0 bridgehead atoms. The number of pyridine rings is 1. The zero-order valence-electron chi connectivity index (χ0n) is 6.80. The van der Waals surface area contributed by atoms with Crippen LogP contribution >= 0.6 is 11.6 Å². The molecule has 0 atom stereocenters. The molecule has 0 aromatic carbocycles. The zero-order valence-corrected chi connectivity index (χ0v) is 7.56. The Morgan fingerprint density at radius 1 is 1.31 bits per heavy atom. The van der Waals surface area contributed by atoms with Crippen LogP contribution in [0.2, 0.25) is 5.15 Å². The second-order valence-electron chi connectivity index (χ2n) is 2.71. The first-order chi connectivity index (χ1) is 6.27. The average Bonchev–Trinajstić information content (AvgIpc) is 2.28. The number of nitrogens with one attached hydrogen (secondary N) is 2. The van der Waals surface area contributed by atoms with Crippen molar-refractivity contribution >= 4 is 23.3 Å². The normalized spacial score (nSPS) is 15.3. The summed E-state index contributed by atoms with van der Waals surface area (Å²) in [7, 11) is 0. The summed E-state index contributed by atoms with van der Waals surface area (Å²) in [4.78, 5) is 15.4. The Labute approximate surface area is 80.3 Å². The number of rotatable bonds is 0. The standard InChI is InChI=1S/C8H8ClN3O/c9-6-2-1-5-7(12-6)10-3-4-11-8(5)13/h1-2H,3-4H2,(H,10,12)(H,11,13). The maximum absolute atomic E-state index is 11.4. The van der Waals surface area contributed by atoms with E-state index in [-0.39, 0.29) is 5.91 Å². The van der Waals surface area contributed by atoms with Crippen LogP contribution in [0.15, 0.2) is 12.1 Å². The first kappa shape index (κ1) is 8.31. The lowest BCUT2D eigenvalue weighted by Gasteiger charge is -2.03. The number of carbonyl (C=O) groups excluding carboxylic acids is 1. The third-order valence-electron chi connectivity index (χ3n) is 1.81. The molecule has 0 spiro atoms. The molecular formula is C8H8ClN3O. The summed E-state index contributed by atoms with van der Waals surface area (Å²) in [6.07, 6.45) is 0. The second kappa shape index (κ2) is 3.22. The first-order valence-electron chi connectivity index (χ1n) is 3.96. The van der Waals surface area contributed by atoms with Crippen LogP contribution in [0.5, 0.6) is 0 Å². The molecule has 68 valence electrons. The van der Waals surface area contributed by atoms with Crippen LogP contribution in [0.3, 0.4) is 0 Å². The van der Waals surface area contributed by atoms with Crippen LogP contribution in [0, 0.1) is 0 Å². The van der Waals surface area contributed by atoms with E-state index < -0.39 is 0 Å². The van der Waals surface area contributed by atoms with Crippen molar-refractivity contribution in [2.24, 2.45) is 0 Å². The number of hydrogen-bond acceptors (Lipinski definition) is 3. The lowest BCUT2D eigenvalue weighted by molar-refractivity contribution is 0.0958. The molecule has 0 aliphatic carbocycles. The molecule has 2 heterocycles. The van der Waals surface area contributed by atoms with E-state index in [1.165, 1.54) is 0 Å². The van der Waals surface area contributed by atoms with Crippen molar-refractivity contribution in [1.29, 1.82) is 0 Å². The summed E-state index contributed by atoms with van der Waals surface area (Å²) >= 11 is 5.69. The van der Waals surface area contributed by atoms with Crippen molar-refractivity contribution < 1.29 is 4.79 Å². The molecular weight excluding hydrogens is 190 g/mol. The number of fused-ring (bicyclic) bond motifs is 1. The van der Waals surface area contributed by atoms with E-state index in [0.717, 1.165) is 0 Å². The van der Waals surface area contributed by atoms with Gasteiger partial charge in [-0.25, -0.2) is 4.98 Å². The minimum atomic E-state index is -0.107. The van der Waals surface area contributed by atoms with Crippen LogP contribution in [0.1, 0.15) is 10.4 Å². The molecule has 0 radical (unpaired) electrons. The molecule has 2 rings (SSSR count). The third-order valence-corrected chi connectivity index (χ3v) is 2.02. The van der Waals surface area contributed by atoms with Gasteiger partial charge in [-0.2, -0.15) is 0 Å². The lowest BCUT2D eigenvalue weighted by Crippen LogP contribution is -2.24. The number of halogens is 1. The molecule has 1 aromatic heterocycles. The zero-order chi connectivity index (χ0) is 9.26. The summed E-state index contributed by atoms with van der Waals surface area (Å²) in [6, 6.07) is 3.27. The number of hydrogen-bond donors (Lipinski definition) is 2. The molecule has 1 amide bonds. The third kappa shape index (κ3) is 1.58. The van der Waals surface area contributed by atoms with Gasteiger partial charge in [-0.05, 0) is 12.1 Å². The fourth-order valence-corrected chi connectivity index (χ4v) is 1.35. The molecule has 4 nitrogen and oxygen atoms in total. The number of anilines is 1. The largest absolute Gasteiger partial charge is 0.368 e. The molecule has 1 aromatic rings. The van der Waals surface area contributed by atoms with E-state index in [1.807, 2.05) is 0 Å². The van der Waals surface area contributed by atoms with Gasteiger partial charge < -0.3 is 10.6 Å². The highest BCUT2D eigenvalue weighted by atomic mass is 35.5. The minimum Gasteiger partial charge on any atom is -0.368 e. The molecule has 1 aliphatic rings. The van der Waals surface area contributed by atoms with Crippen molar-refractivity contribution in [3.05, 3.63) is 22.8 Å². The average molecular weight is 198 g/mol. The number of aromatic nitrogens is 1. The van der Waals surface area contributed by atoms with Crippen molar-refractivity contribution in [2.75, 3.05) is 18.4 Å². The van der Waals surface area contributed by atoms with Gasteiger partial charge in [-0.3, -0.25) is 4.79 Å². The molecule has 0 saturated heterocycles. The summed E-state index contributed by atoms with van der Waals surface area (Å²) in [5, 5.41) is 6.14. The van der Waals surface area contributed by atoms with Crippen LogP contribution < -0.4 is 10.6 Å². The van der Waals surface area contributed by atoms with Crippen molar-refractivity contribution in [3.63, 3.8) is 0 Å². The number of amides is 1. The Bertz CT molecular complexity index is 353. The predicted molar refractivity (Wildman–Crippen MR) is 50.1 cm³/mol. The van der Waals surface area contributed by atoms with Gasteiger partial charge in [0.15, 0.2) is 0 Å². The molecule has 0 unspecified atom stereocenters. The van der Waals surface area contributed by atoms with E-state index >= 15 is 0 Å². The smallest absolute Gasteiger partial charge is 0.255 e. The van der Waals surface area contributed by atoms with Crippen molar-refractivity contribution in [1.82, 2.24) is 10.3 Å². The molecule has 1 aliphatic heterocycles. The Morgan fingerprint density at radius 2 is 2.08 bits per heavy atom. The Kier molecular flexibility index (Phi) is 2.06. The van der Waals surface area contributed by atoms with Gasteiger partial charge in [0, 0.05) is 13.1 Å². The van der Waals surface area contributed by atoms with Gasteiger partial charge in [-0.15, -0.1) is 0 Å². The Hall–Kier alpha value is -1.29. The van der Waals surface area contributed by atoms with Gasteiger partial charge in [0.1, 0.15) is 11.0 Å². The maximum Gasteiger partial charge on any atom is 0.255 e. The van der Waals surface area contributed by atoms with E-state index in [4.69, 9.17) is 11.6 Å². The highest BCUT2D eigenvalue weighted by molar-refractivity contribution is 6.29. The monoisotopic (exact) mass is 197 g/mol. The van der Waals surface area contributed by atoms with Crippen molar-refractivity contribution in [2.45, 2.75) is 0 Å².